The van der Waals surface area contributed by atoms with Gasteiger partial charge in [0.2, 0.25) is 0 Å². The SMILES string of the molecule is CN(CC1CCCCN1)C(=O)c1cccc(Cl)c1F. The van der Waals surface area contributed by atoms with Crippen molar-refractivity contribution in [3.8, 4) is 0 Å². The van der Waals surface area contributed by atoms with Crippen LogP contribution in [0.2, 0.25) is 5.02 Å². The summed E-state index contributed by atoms with van der Waals surface area (Å²) < 4.78 is 13.8. The van der Waals surface area contributed by atoms with Crippen LogP contribution in [-0.2, 0) is 0 Å². The summed E-state index contributed by atoms with van der Waals surface area (Å²) in [6.07, 6.45) is 3.40. The summed E-state index contributed by atoms with van der Waals surface area (Å²) in [5.41, 5.74) is 0.0332. The summed E-state index contributed by atoms with van der Waals surface area (Å²) in [6.45, 7) is 1.57. The quantitative estimate of drug-likeness (QED) is 0.926. The van der Waals surface area contributed by atoms with E-state index in [1.807, 2.05) is 0 Å². The Morgan fingerprint density at radius 3 is 3.00 bits per heavy atom. The second-order valence-corrected chi connectivity index (χ2v) is 5.34. The standard InChI is InChI=1S/C14H18ClFN2O/c1-18(9-10-5-2-3-8-17-10)14(19)11-6-4-7-12(15)13(11)16/h4,6-7,10,17H,2-3,5,8-9H2,1H3. The van der Waals surface area contributed by atoms with Crippen LogP contribution in [0.1, 0.15) is 29.6 Å². The Morgan fingerprint density at radius 2 is 2.32 bits per heavy atom. The molecule has 0 saturated carbocycles. The highest BCUT2D eigenvalue weighted by Crippen LogP contribution is 2.19. The molecule has 0 radical (unpaired) electrons. The molecule has 1 N–H and O–H groups in total. The van der Waals surface area contributed by atoms with E-state index in [0.29, 0.717) is 12.6 Å². The maximum Gasteiger partial charge on any atom is 0.256 e. The summed E-state index contributed by atoms with van der Waals surface area (Å²) >= 11 is 5.70. The Bertz CT molecular complexity index is 461. The Balaban J connectivity index is 2.03. The van der Waals surface area contributed by atoms with Gasteiger partial charge in [-0.05, 0) is 31.5 Å². The van der Waals surface area contributed by atoms with E-state index < -0.39 is 5.82 Å². The molecule has 1 unspecified atom stereocenters. The molecule has 104 valence electrons. The predicted octanol–water partition coefficient (Wildman–Crippen LogP) is 2.69. The van der Waals surface area contributed by atoms with Gasteiger partial charge < -0.3 is 10.2 Å². The number of benzene rings is 1. The third kappa shape index (κ3) is 3.45. The van der Waals surface area contributed by atoms with Crippen molar-refractivity contribution in [2.75, 3.05) is 20.1 Å². The van der Waals surface area contributed by atoms with Gasteiger partial charge in [-0.1, -0.05) is 24.1 Å². The molecule has 1 atom stereocenters. The molecule has 3 nitrogen and oxygen atoms in total. The third-order valence-electron chi connectivity index (χ3n) is 3.44. The van der Waals surface area contributed by atoms with Crippen LogP contribution in [0, 0.1) is 5.82 Å². The van der Waals surface area contributed by atoms with Crippen molar-refractivity contribution in [1.29, 1.82) is 0 Å². The zero-order chi connectivity index (χ0) is 13.8. The highest BCUT2D eigenvalue weighted by atomic mass is 35.5. The van der Waals surface area contributed by atoms with Gasteiger partial charge in [0.25, 0.3) is 5.91 Å². The van der Waals surface area contributed by atoms with Crippen LogP contribution in [-0.4, -0.2) is 37.0 Å². The molecule has 1 fully saturated rings. The van der Waals surface area contributed by atoms with Crippen LogP contribution in [0.3, 0.4) is 0 Å². The summed E-state index contributed by atoms with van der Waals surface area (Å²) in [7, 11) is 1.69. The lowest BCUT2D eigenvalue weighted by molar-refractivity contribution is 0.0770. The molecule has 0 spiro atoms. The largest absolute Gasteiger partial charge is 0.340 e. The van der Waals surface area contributed by atoms with Crippen LogP contribution < -0.4 is 5.32 Å². The normalized spacial score (nSPS) is 19.2. The van der Waals surface area contributed by atoms with E-state index >= 15 is 0 Å². The molecule has 1 amide bonds. The molecule has 1 heterocycles. The van der Waals surface area contributed by atoms with Gasteiger partial charge in [0.1, 0.15) is 0 Å². The lowest BCUT2D eigenvalue weighted by atomic mass is 10.0. The van der Waals surface area contributed by atoms with Crippen LogP contribution >= 0.6 is 11.6 Å². The van der Waals surface area contributed by atoms with Crippen molar-refractivity contribution in [2.24, 2.45) is 0 Å². The third-order valence-corrected chi connectivity index (χ3v) is 3.73. The number of nitrogens with one attached hydrogen (secondary N) is 1. The number of carbonyl (C=O) groups excluding carboxylic acids is 1. The van der Waals surface area contributed by atoms with E-state index in [2.05, 4.69) is 5.32 Å². The van der Waals surface area contributed by atoms with Gasteiger partial charge in [0, 0.05) is 19.6 Å². The van der Waals surface area contributed by atoms with Crippen molar-refractivity contribution >= 4 is 17.5 Å². The fourth-order valence-corrected chi connectivity index (χ4v) is 2.54. The fraction of sp³-hybridized carbons (Fsp3) is 0.500. The van der Waals surface area contributed by atoms with E-state index in [9.17, 15) is 9.18 Å². The summed E-state index contributed by atoms with van der Waals surface area (Å²) in [5, 5.41) is 3.35. The number of rotatable bonds is 3. The van der Waals surface area contributed by atoms with Gasteiger partial charge >= 0.3 is 0 Å². The first-order valence-electron chi connectivity index (χ1n) is 6.52. The Hall–Kier alpha value is -1.13. The van der Waals surface area contributed by atoms with E-state index in [1.165, 1.54) is 25.0 Å². The number of hydrogen-bond donors (Lipinski definition) is 1. The van der Waals surface area contributed by atoms with Crippen LogP contribution in [0.15, 0.2) is 18.2 Å². The smallest absolute Gasteiger partial charge is 0.256 e. The van der Waals surface area contributed by atoms with Gasteiger partial charge in [-0.25, -0.2) is 4.39 Å². The van der Waals surface area contributed by atoms with Crippen molar-refractivity contribution in [3.05, 3.63) is 34.6 Å². The van der Waals surface area contributed by atoms with Gasteiger partial charge in [-0.3, -0.25) is 4.79 Å². The number of piperidine rings is 1. The molecule has 1 aliphatic rings. The summed E-state index contributed by atoms with van der Waals surface area (Å²) in [4.78, 5) is 13.7. The minimum Gasteiger partial charge on any atom is -0.340 e. The summed E-state index contributed by atoms with van der Waals surface area (Å²) in [6, 6.07) is 4.79. The van der Waals surface area contributed by atoms with Crippen molar-refractivity contribution in [1.82, 2.24) is 10.2 Å². The topological polar surface area (TPSA) is 32.3 Å². The first kappa shape index (κ1) is 14.3. The number of hydrogen-bond acceptors (Lipinski definition) is 2. The number of nitrogens with zero attached hydrogens (tertiary/aromatic N) is 1. The maximum absolute atomic E-state index is 13.8. The first-order chi connectivity index (χ1) is 9.09. The highest BCUT2D eigenvalue weighted by molar-refractivity contribution is 6.31. The Kier molecular flexibility index (Phi) is 4.77. The monoisotopic (exact) mass is 284 g/mol. The van der Waals surface area contributed by atoms with E-state index in [4.69, 9.17) is 11.6 Å². The van der Waals surface area contributed by atoms with E-state index in [-0.39, 0.29) is 16.5 Å². The average Bonchev–Trinajstić information content (AvgIpc) is 2.42. The second-order valence-electron chi connectivity index (χ2n) is 4.93. The second kappa shape index (κ2) is 6.35. The van der Waals surface area contributed by atoms with Crippen LogP contribution in [0.4, 0.5) is 4.39 Å². The molecule has 1 aromatic rings. The van der Waals surface area contributed by atoms with Gasteiger partial charge in [0.05, 0.1) is 10.6 Å². The Labute approximate surface area is 117 Å². The van der Waals surface area contributed by atoms with Gasteiger partial charge in [0.15, 0.2) is 5.82 Å². The molecule has 2 rings (SSSR count). The number of halogens is 2. The number of amides is 1. The highest BCUT2D eigenvalue weighted by Gasteiger charge is 2.21. The lowest BCUT2D eigenvalue weighted by Crippen LogP contribution is -2.44. The predicted molar refractivity (Wildman–Crippen MR) is 74.0 cm³/mol. The number of carbonyl (C=O) groups is 1. The van der Waals surface area contributed by atoms with Crippen molar-refractivity contribution in [3.63, 3.8) is 0 Å². The van der Waals surface area contributed by atoms with E-state index in [0.717, 1.165) is 13.0 Å². The first-order valence-corrected chi connectivity index (χ1v) is 6.90. The van der Waals surface area contributed by atoms with Gasteiger partial charge in [-0.15, -0.1) is 0 Å². The van der Waals surface area contributed by atoms with E-state index in [1.54, 1.807) is 18.0 Å². The summed E-state index contributed by atoms with van der Waals surface area (Å²) in [5.74, 6) is -0.968. The molecule has 5 heteroatoms. The molecule has 1 saturated heterocycles. The minimum absolute atomic E-state index is 0.0185. The zero-order valence-corrected chi connectivity index (χ0v) is 11.7. The van der Waals surface area contributed by atoms with Gasteiger partial charge in [-0.2, -0.15) is 0 Å². The molecule has 0 aromatic heterocycles. The molecule has 0 aliphatic carbocycles. The van der Waals surface area contributed by atoms with Crippen LogP contribution in [0.5, 0.6) is 0 Å². The zero-order valence-electron chi connectivity index (χ0n) is 11.0. The molecule has 19 heavy (non-hydrogen) atoms. The minimum atomic E-state index is -0.641. The molecular weight excluding hydrogens is 267 g/mol. The fourth-order valence-electron chi connectivity index (χ4n) is 2.37. The molecule has 0 bridgehead atoms. The van der Waals surface area contributed by atoms with Crippen molar-refractivity contribution in [2.45, 2.75) is 25.3 Å². The number of likely N-dealkylation sites (N-methyl/N-ethyl adjacent to an activating group) is 1. The van der Waals surface area contributed by atoms with Crippen molar-refractivity contribution < 1.29 is 9.18 Å². The average molecular weight is 285 g/mol. The lowest BCUT2D eigenvalue weighted by Gasteiger charge is -2.28. The molecular formula is C14H18ClFN2O. The Morgan fingerprint density at radius 1 is 1.53 bits per heavy atom. The maximum atomic E-state index is 13.8. The van der Waals surface area contributed by atoms with Crippen LogP contribution in [0.25, 0.3) is 0 Å². The molecule has 1 aromatic carbocycles. The molecule has 1 aliphatic heterocycles.